The number of benzene rings is 2. The van der Waals surface area contributed by atoms with Gasteiger partial charge in [-0.1, -0.05) is 6.07 Å². The Hall–Kier alpha value is -3.30. The van der Waals surface area contributed by atoms with Gasteiger partial charge in [0.15, 0.2) is 5.13 Å². The molecule has 0 spiro atoms. The lowest BCUT2D eigenvalue weighted by atomic mass is 10.1. The number of nitrogens with one attached hydrogen (secondary N) is 2. The molecule has 0 bridgehead atoms. The van der Waals surface area contributed by atoms with Crippen LogP contribution in [0.4, 0.5) is 20.9 Å². The molecule has 4 rings (SSSR count). The van der Waals surface area contributed by atoms with E-state index >= 15 is 0 Å². The first-order valence-corrected chi connectivity index (χ1v) is 11.6. The highest BCUT2D eigenvalue weighted by Crippen LogP contribution is 2.22. The number of carbonyl (C=O) groups is 2. The highest BCUT2D eigenvalue weighted by molar-refractivity contribution is 7.14. The molecule has 1 aromatic heterocycles. The normalized spacial score (nSPS) is 14.2. The van der Waals surface area contributed by atoms with E-state index in [4.69, 9.17) is 0 Å². The number of aryl methyl sites for hydroxylation is 2. The van der Waals surface area contributed by atoms with Gasteiger partial charge in [0.2, 0.25) is 5.91 Å². The summed E-state index contributed by atoms with van der Waals surface area (Å²) < 4.78 is 13.0. The third-order valence-electron chi connectivity index (χ3n) is 5.35. The van der Waals surface area contributed by atoms with Crippen LogP contribution in [0.5, 0.6) is 0 Å². The van der Waals surface area contributed by atoms with Crippen LogP contribution >= 0.6 is 11.3 Å². The van der Waals surface area contributed by atoms with Crippen LogP contribution in [0.3, 0.4) is 0 Å². The zero-order valence-electron chi connectivity index (χ0n) is 18.6. The molecule has 2 amide bonds. The molecule has 1 aliphatic rings. The summed E-state index contributed by atoms with van der Waals surface area (Å²) in [5.74, 6) is -0.494. The molecule has 0 radical (unpaired) electrons. The third kappa shape index (κ3) is 6.15. The smallest absolute Gasteiger partial charge is 0.273 e. The Bertz CT molecular complexity index is 1120. The molecule has 172 valence electrons. The highest BCUT2D eigenvalue weighted by Gasteiger charge is 2.25. The molecule has 0 aliphatic carbocycles. The molecule has 0 atom stereocenters. The van der Waals surface area contributed by atoms with E-state index in [1.165, 1.54) is 23.5 Å². The quantitative estimate of drug-likeness (QED) is 0.572. The molecule has 2 N–H and O–H groups in total. The van der Waals surface area contributed by atoms with Gasteiger partial charge in [-0.3, -0.25) is 14.5 Å². The SMILES string of the molecule is Cc1cc(C)cc(NC(=O)CN2CCN(C(=O)c3csc(Nc4ccc(F)cc4)n3)CC2)c1. The van der Waals surface area contributed by atoms with Crippen molar-refractivity contribution in [1.82, 2.24) is 14.8 Å². The van der Waals surface area contributed by atoms with Crippen molar-refractivity contribution in [3.05, 3.63) is 70.5 Å². The zero-order valence-corrected chi connectivity index (χ0v) is 19.4. The van der Waals surface area contributed by atoms with Gasteiger partial charge in [0, 0.05) is 42.9 Å². The number of hydrogen-bond donors (Lipinski definition) is 2. The van der Waals surface area contributed by atoms with Gasteiger partial charge in [-0.15, -0.1) is 11.3 Å². The minimum atomic E-state index is -0.308. The van der Waals surface area contributed by atoms with Crippen molar-refractivity contribution in [1.29, 1.82) is 0 Å². The molecule has 0 saturated carbocycles. The van der Waals surface area contributed by atoms with Crippen LogP contribution in [0.25, 0.3) is 0 Å². The third-order valence-corrected chi connectivity index (χ3v) is 6.11. The first kappa shape index (κ1) is 22.9. The predicted molar refractivity (Wildman–Crippen MR) is 129 cm³/mol. The molecule has 3 aromatic rings. The van der Waals surface area contributed by atoms with E-state index < -0.39 is 0 Å². The molecular weight excluding hydrogens is 441 g/mol. The van der Waals surface area contributed by atoms with Crippen LogP contribution in [0.2, 0.25) is 0 Å². The summed E-state index contributed by atoms with van der Waals surface area (Å²) in [5, 5.41) is 8.34. The van der Waals surface area contributed by atoms with Crippen molar-refractivity contribution >= 4 is 39.7 Å². The van der Waals surface area contributed by atoms with E-state index in [9.17, 15) is 14.0 Å². The van der Waals surface area contributed by atoms with Gasteiger partial charge in [-0.25, -0.2) is 9.37 Å². The van der Waals surface area contributed by atoms with E-state index in [1.54, 1.807) is 22.4 Å². The second-order valence-corrected chi connectivity index (χ2v) is 9.02. The fourth-order valence-corrected chi connectivity index (χ4v) is 4.51. The zero-order chi connectivity index (χ0) is 23.4. The summed E-state index contributed by atoms with van der Waals surface area (Å²) in [6.45, 7) is 6.61. The van der Waals surface area contributed by atoms with Crippen LogP contribution in [0.15, 0.2) is 47.8 Å². The number of piperazine rings is 1. The van der Waals surface area contributed by atoms with E-state index in [1.807, 2.05) is 30.9 Å². The summed E-state index contributed by atoms with van der Waals surface area (Å²) in [6.07, 6.45) is 0. The minimum absolute atomic E-state index is 0.0595. The van der Waals surface area contributed by atoms with Gasteiger partial charge < -0.3 is 15.5 Å². The number of amides is 2. The molecule has 9 heteroatoms. The summed E-state index contributed by atoms with van der Waals surface area (Å²) in [7, 11) is 0. The van der Waals surface area contributed by atoms with Gasteiger partial charge in [0.1, 0.15) is 11.5 Å². The average Bonchev–Trinajstić information content (AvgIpc) is 3.23. The Morgan fingerprint density at radius 1 is 1.00 bits per heavy atom. The molecule has 2 heterocycles. The number of hydrogen-bond acceptors (Lipinski definition) is 6. The van der Waals surface area contributed by atoms with Crippen molar-refractivity contribution in [3.8, 4) is 0 Å². The van der Waals surface area contributed by atoms with Crippen molar-refractivity contribution in [2.24, 2.45) is 0 Å². The fraction of sp³-hybridized carbons (Fsp3) is 0.292. The molecular formula is C24H26FN5O2S. The van der Waals surface area contributed by atoms with Gasteiger partial charge in [0.05, 0.1) is 6.54 Å². The monoisotopic (exact) mass is 467 g/mol. The lowest BCUT2D eigenvalue weighted by Crippen LogP contribution is -2.50. The van der Waals surface area contributed by atoms with Crippen LogP contribution in [-0.4, -0.2) is 59.3 Å². The summed E-state index contributed by atoms with van der Waals surface area (Å²) in [6, 6.07) is 11.9. The Kier molecular flexibility index (Phi) is 7.00. The predicted octanol–water partition coefficient (Wildman–Crippen LogP) is 4.04. The molecule has 0 unspecified atom stereocenters. The van der Waals surface area contributed by atoms with Crippen LogP contribution in [0, 0.1) is 19.7 Å². The summed E-state index contributed by atoms with van der Waals surface area (Å²) >= 11 is 1.33. The van der Waals surface area contributed by atoms with E-state index in [2.05, 4.69) is 21.7 Å². The molecule has 1 saturated heterocycles. The number of carbonyl (C=O) groups excluding carboxylic acids is 2. The lowest BCUT2D eigenvalue weighted by Gasteiger charge is -2.33. The number of halogens is 1. The van der Waals surface area contributed by atoms with Gasteiger partial charge in [-0.05, 0) is 61.4 Å². The second kappa shape index (κ2) is 10.1. The van der Waals surface area contributed by atoms with E-state index in [0.717, 1.165) is 16.8 Å². The van der Waals surface area contributed by atoms with Gasteiger partial charge in [0.25, 0.3) is 5.91 Å². The van der Waals surface area contributed by atoms with Crippen molar-refractivity contribution in [2.75, 3.05) is 43.4 Å². The summed E-state index contributed by atoms with van der Waals surface area (Å²) in [4.78, 5) is 33.5. The number of rotatable bonds is 6. The molecule has 2 aromatic carbocycles. The van der Waals surface area contributed by atoms with E-state index in [0.29, 0.717) is 42.7 Å². The Morgan fingerprint density at radius 3 is 2.33 bits per heavy atom. The van der Waals surface area contributed by atoms with Crippen molar-refractivity contribution in [2.45, 2.75) is 13.8 Å². The molecule has 33 heavy (non-hydrogen) atoms. The molecule has 1 fully saturated rings. The maximum Gasteiger partial charge on any atom is 0.273 e. The van der Waals surface area contributed by atoms with Crippen LogP contribution in [0.1, 0.15) is 21.6 Å². The first-order chi connectivity index (χ1) is 15.9. The van der Waals surface area contributed by atoms with Gasteiger partial charge >= 0.3 is 0 Å². The minimum Gasteiger partial charge on any atom is -0.335 e. The van der Waals surface area contributed by atoms with Gasteiger partial charge in [-0.2, -0.15) is 0 Å². The standard InChI is InChI=1S/C24H26FN5O2S/c1-16-11-17(2)13-20(12-16)26-22(31)14-29-7-9-30(10-8-29)23(32)21-15-33-24(28-21)27-19-5-3-18(25)4-6-19/h3-6,11-13,15H,7-10,14H2,1-2H3,(H,26,31)(H,27,28). The number of nitrogens with zero attached hydrogens (tertiary/aromatic N) is 3. The average molecular weight is 468 g/mol. The number of anilines is 3. The largest absolute Gasteiger partial charge is 0.335 e. The van der Waals surface area contributed by atoms with E-state index in [-0.39, 0.29) is 24.2 Å². The maximum absolute atomic E-state index is 13.0. The Labute approximate surface area is 196 Å². The highest BCUT2D eigenvalue weighted by atomic mass is 32.1. The van der Waals surface area contributed by atoms with Crippen LogP contribution < -0.4 is 10.6 Å². The van der Waals surface area contributed by atoms with Crippen molar-refractivity contribution < 1.29 is 14.0 Å². The number of aromatic nitrogens is 1. The number of thiazole rings is 1. The second-order valence-electron chi connectivity index (χ2n) is 8.16. The molecule has 1 aliphatic heterocycles. The lowest BCUT2D eigenvalue weighted by molar-refractivity contribution is -0.117. The van der Waals surface area contributed by atoms with Crippen LogP contribution in [-0.2, 0) is 4.79 Å². The topological polar surface area (TPSA) is 77.6 Å². The fourth-order valence-electron chi connectivity index (χ4n) is 3.81. The Balaban J connectivity index is 1.26. The first-order valence-electron chi connectivity index (χ1n) is 10.7. The van der Waals surface area contributed by atoms with Crippen molar-refractivity contribution in [3.63, 3.8) is 0 Å². The maximum atomic E-state index is 13.0. The molecule has 7 nitrogen and oxygen atoms in total. The Morgan fingerprint density at radius 2 is 1.67 bits per heavy atom. The summed E-state index contributed by atoms with van der Waals surface area (Å²) in [5.41, 5.74) is 4.11.